The number of rotatable bonds is 3. The molecule has 4 heteroatoms. The van der Waals surface area contributed by atoms with Crippen LogP contribution in [0, 0.1) is 0 Å². The van der Waals surface area contributed by atoms with Crippen molar-refractivity contribution in [1.29, 1.82) is 0 Å². The van der Waals surface area contributed by atoms with E-state index in [2.05, 4.69) is 21.7 Å². The molecule has 0 radical (unpaired) electrons. The summed E-state index contributed by atoms with van der Waals surface area (Å²) in [5.41, 5.74) is 0. The Bertz CT molecular complexity index is 317. The van der Waals surface area contributed by atoms with E-state index in [1.165, 1.54) is 64.7 Å². The molecule has 21 heavy (non-hydrogen) atoms. The molecule has 0 bridgehead atoms. The second kappa shape index (κ2) is 7.40. The lowest BCUT2D eigenvalue weighted by atomic mass is 9.91. The minimum Gasteiger partial charge on any atom is -0.391 e. The van der Waals surface area contributed by atoms with Gasteiger partial charge in [-0.25, -0.2) is 0 Å². The molecule has 0 aromatic heterocycles. The standard InChI is InChI=1S/C17H33N3O/c1-18-9-5-4-6-15(18)14-19-10-12-20(13-11-19)16-7-2-3-8-17(16)21/h15-17,21H,2-14H2,1H3. The normalized spacial score (nSPS) is 37.7. The molecule has 3 rings (SSSR count). The Morgan fingerprint density at radius 2 is 1.57 bits per heavy atom. The molecule has 1 saturated carbocycles. The Labute approximate surface area is 130 Å². The number of piperazine rings is 1. The van der Waals surface area contributed by atoms with E-state index in [1.54, 1.807) is 0 Å². The number of nitrogens with zero attached hydrogens (tertiary/aromatic N) is 3. The molecule has 0 aromatic rings. The van der Waals surface area contributed by atoms with E-state index in [1.807, 2.05) is 0 Å². The average Bonchev–Trinajstić information content (AvgIpc) is 2.51. The highest BCUT2D eigenvalue weighted by Gasteiger charge is 2.31. The molecule has 4 nitrogen and oxygen atoms in total. The van der Waals surface area contributed by atoms with Crippen LogP contribution in [0.15, 0.2) is 0 Å². The van der Waals surface area contributed by atoms with Crippen LogP contribution in [0.25, 0.3) is 0 Å². The summed E-state index contributed by atoms with van der Waals surface area (Å²) in [4.78, 5) is 7.77. The van der Waals surface area contributed by atoms with Gasteiger partial charge in [0.05, 0.1) is 6.10 Å². The predicted molar refractivity (Wildman–Crippen MR) is 86.5 cm³/mol. The van der Waals surface area contributed by atoms with Gasteiger partial charge in [-0.15, -0.1) is 0 Å². The highest BCUT2D eigenvalue weighted by Crippen LogP contribution is 2.24. The SMILES string of the molecule is CN1CCCCC1CN1CCN(C2CCCCC2O)CC1. The first-order valence-corrected chi connectivity index (χ1v) is 9.09. The van der Waals surface area contributed by atoms with Gasteiger partial charge in [0.1, 0.15) is 0 Å². The van der Waals surface area contributed by atoms with Gasteiger partial charge in [0.2, 0.25) is 0 Å². The van der Waals surface area contributed by atoms with E-state index in [0.717, 1.165) is 25.6 Å². The first kappa shape index (κ1) is 15.7. The number of hydrogen-bond donors (Lipinski definition) is 1. The summed E-state index contributed by atoms with van der Waals surface area (Å²) in [6.07, 6.45) is 8.81. The van der Waals surface area contributed by atoms with Crippen molar-refractivity contribution >= 4 is 0 Å². The van der Waals surface area contributed by atoms with Gasteiger partial charge in [0.15, 0.2) is 0 Å². The van der Waals surface area contributed by atoms with Crippen LogP contribution in [-0.4, -0.2) is 84.3 Å². The number of aliphatic hydroxyl groups excluding tert-OH is 1. The van der Waals surface area contributed by atoms with Crippen LogP contribution in [0.3, 0.4) is 0 Å². The van der Waals surface area contributed by atoms with Gasteiger partial charge in [-0.3, -0.25) is 9.80 Å². The van der Waals surface area contributed by atoms with E-state index < -0.39 is 0 Å². The van der Waals surface area contributed by atoms with Gasteiger partial charge in [-0.2, -0.15) is 0 Å². The van der Waals surface area contributed by atoms with Crippen molar-refractivity contribution in [2.45, 2.75) is 63.1 Å². The van der Waals surface area contributed by atoms with Crippen molar-refractivity contribution in [3.8, 4) is 0 Å². The Morgan fingerprint density at radius 3 is 2.29 bits per heavy atom. The van der Waals surface area contributed by atoms with Crippen LogP contribution in [-0.2, 0) is 0 Å². The third-order valence-electron chi connectivity index (χ3n) is 5.96. The first-order chi connectivity index (χ1) is 10.2. The third kappa shape index (κ3) is 3.98. The molecular weight excluding hydrogens is 262 g/mol. The summed E-state index contributed by atoms with van der Waals surface area (Å²) in [7, 11) is 2.29. The second-order valence-corrected chi connectivity index (χ2v) is 7.39. The number of likely N-dealkylation sites (tertiary alicyclic amines) is 1. The smallest absolute Gasteiger partial charge is 0.0695 e. The van der Waals surface area contributed by atoms with Crippen LogP contribution in [0.2, 0.25) is 0 Å². The molecule has 0 spiro atoms. The summed E-state index contributed by atoms with van der Waals surface area (Å²) in [5.74, 6) is 0. The molecule has 1 N–H and O–H groups in total. The second-order valence-electron chi connectivity index (χ2n) is 7.39. The maximum absolute atomic E-state index is 10.2. The fourth-order valence-electron chi connectivity index (χ4n) is 4.47. The van der Waals surface area contributed by atoms with E-state index in [4.69, 9.17) is 0 Å². The summed E-state index contributed by atoms with van der Waals surface area (Å²) >= 11 is 0. The van der Waals surface area contributed by atoms with Crippen molar-refractivity contribution in [2.24, 2.45) is 0 Å². The summed E-state index contributed by atoms with van der Waals surface area (Å²) in [6.45, 7) is 7.20. The van der Waals surface area contributed by atoms with Gasteiger partial charge in [-0.1, -0.05) is 19.3 Å². The Balaban J connectivity index is 1.44. The van der Waals surface area contributed by atoms with Gasteiger partial charge in [0.25, 0.3) is 0 Å². The molecule has 122 valence electrons. The highest BCUT2D eigenvalue weighted by atomic mass is 16.3. The minimum absolute atomic E-state index is 0.0743. The summed E-state index contributed by atoms with van der Waals surface area (Å²) in [6, 6.07) is 1.21. The zero-order valence-electron chi connectivity index (χ0n) is 13.7. The van der Waals surface area contributed by atoms with Crippen LogP contribution >= 0.6 is 0 Å². The third-order valence-corrected chi connectivity index (χ3v) is 5.96. The van der Waals surface area contributed by atoms with Crippen LogP contribution in [0.5, 0.6) is 0 Å². The van der Waals surface area contributed by atoms with E-state index in [0.29, 0.717) is 6.04 Å². The summed E-state index contributed by atoms with van der Waals surface area (Å²) < 4.78 is 0. The largest absolute Gasteiger partial charge is 0.391 e. The molecule has 3 fully saturated rings. The molecule has 0 aromatic carbocycles. The molecular formula is C17H33N3O. The predicted octanol–water partition coefficient (Wildman–Crippen LogP) is 1.39. The number of hydrogen-bond acceptors (Lipinski definition) is 4. The highest BCUT2D eigenvalue weighted by molar-refractivity contribution is 4.87. The van der Waals surface area contributed by atoms with Crippen molar-refractivity contribution in [1.82, 2.24) is 14.7 Å². The fraction of sp³-hybridized carbons (Fsp3) is 1.00. The van der Waals surface area contributed by atoms with Crippen molar-refractivity contribution in [2.75, 3.05) is 46.3 Å². The molecule has 3 aliphatic rings. The average molecular weight is 295 g/mol. The molecule has 3 unspecified atom stereocenters. The zero-order valence-corrected chi connectivity index (χ0v) is 13.7. The molecule has 0 amide bonds. The van der Waals surface area contributed by atoms with Crippen molar-refractivity contribution in [3.05, 3.63) is 0 Å². The van der Waals surface area contributed by atoms with Gasteiger partial charge in [0, 0.05) is 44.8 Å². The van der Waals surface area contributed by atoms with Crippen molar-refractivity contribution < 1.29 is 5.11 Å². The van der Waals surface area contributed by atoms with E-state index in [-0.39, 0.29) is 6.10 Å². The molecule has 2 heterocycles. The van der Waals surface area contributed by atoms with Crippen molar-refractivity contribution in [3.63, 3.8) is 0 Å². The first-order valence-electron chi connectivity index (χ1n) is 9.09. The molecule has 1 aliphatic carbocycles. The zero-order chi connectivity index (χ0) is 14.7. The Hall–Kier alpha value is -0.160. The number of piperidine rings is 1. The molecule has 2 aliphatic heterocycles. The number of likely N-dealkylation sites (N-methyl/N-ethyl adjacent to an activating group) is 1. The monoisotopic (exact) mass is 295 g/mol. The summed E-state index contributed by atoms with van der Waals surface area (Å²) in [5, 5.41) is 10.2. The molecule has 2 saturated heterocycles. The maximum Gasteiger partial charge on any atom is 0.0695 e. The number of aliphatic hydroxyl groups is 1. The van der Waals surface area contributed by atoms with Crippen LogP contribution in [0.1, 0.15) is 44.9 Å². The minimum atomic E-state index is -0.0743. The lowest BCUT2D eigenvalue weighted by Crippen LogP contribution is -2.56. The van der Waals surface area contributed by atoms with E-state index in [9.17, 15) is 5.11 Å². The quantitative estimate of drug-likeness (QED) is 0.852. The van der Waals surface area contributed by atoms with Gasteiger partial charge >= 0.3 is 0 Å². The maximum atomic E-state index is 10.2. The van der Waals surface area contributed by atoms with Crippen LogP contribution < -0.4 is 0 Å². The molecule has 3 atom stereocenters. The fourth-order valence-corrected chi connectivity index (χ4v) is 4.47. The van der Waals surface area contributed by atoms with Gasteiger partial charge < -0.3 is 10.0 Å². The lowest BCUT2D eigenvalue weighted by molar-refractivity contribution is -0.00826. The Morgan fingerprint density at radius 1 is 0.857 bits per heavy atom. The topological polar surface area (TPSA) is 30.0 Å². The van der Waals surface area contributed by atoms with Gasteiger partial charge in [-0.05, 0) is 39.3 Å². The Kier molecular flexibility index (Phi) is 5.54. The van der Waals surface area contributed by atoms with Crippen LogP contribution in [0.4, 0.5) is 0 Å². The van der Waals surface area contributed by atoms with E-state index >= 15 is 0 Å². The lowest BCUT2D eigenvalue weighted by Gasteiger charge is -2.44.